The van der Waals surface area contributed by atoms with Crippen LogP contribution in [0.3, 0.4) is 0 Å². The van der Waals surface area contributed by atoms with Crippen molar-refractivity contribution < 1.29 is 4.42 Å². The Hall–Kier alpha value is -2.86. The molecule has 3 nitrogen and oxygen atoms in total. The quantitative estimate of drug-likeness (QED) is 0.649. The highest BCUT2D eigenvalue weighted by Gasteiger charge is 2.10. The van der Waals surface area contributed by atoms with Gasteiger partial charge in [0.05, 0.1) is 0 Å². The van der Waals surface area contributed by atoms with Crippen LogP contribution in [0.15, 0.2) is 52.9 Å². The minimum atomic E-state index is 0.358. The van der Waals surface area contributed by atoms with Crippen molar-refractivity contribution in [2.24, 2.45) is 0 Å². The van der Waals surface area contributed by atoms with Crippen LogP contribution in [0.5, 0.6) is 0 Å². The maximum Gasteiger partial charge on any atom is 0.238 e. The molecular weight excluding hydrogens is 248 g/mol. The normalized spacial score (nSPS) is 11.5. The van der Waals surface area contributed by atoms with E-state index in [0.29, 0.717) is 17.0 Å². The summed E-state index contributed by atoms with van der Waals surface area (Å²) in [5.41, 5.74) is 3.94. The smallest absolute Gasteiger partial charge is 0.238 e. The maximum atomic E-state index is 9.30. The Morgan fingerprint density at radius 2 is 2.00 bits per heavy atom. The third kappa shape index (κ3) is 2.32. The molecule has 0 radical (unpaired) electrons. The summed E-state index contributed by atoms with van der Waals surface area (Å²) in [6.45, 7) is 1.99. The number of aromatic nitrogens is 1. The molecule has 0 bridgehead atoms. The summed E-state index contributed by atoms with van der Waals surface area (Å²) in [6, 6.07) is 17.6. The highest BCUT2D eigenvalue weighted by atomic mass is 16.3. The van der Waals surface area contributed by atoms with E-state index in [-0.39, 0.29) is 0 Å². The standard InChI is InChI=1S/C17H12N2O/c1-12-7-8-15-16(9-12)20-17(19-15)14(11-18)10-13-5-3-2-4-6-13/h2-10H,1H3/b14-10+. The molecule has 0 aliphatic heterocycles. The molecule has 0 atom stereocenters. The van der Waals surface area contributed by atoms with Crippen molar-refractivity contribution >= 4 is 22.7 Å². The molecule has 3 heteroatoms. The summed E-state index contributed by atoms with van der Waals surface area (Å²) in [6.07, 6.45) is 1.78. The van der Waals surface area contributed by atoms with E-state index in [9.17, 15) is 5.26 Å². The number of aryl methyl sites for hydroxylation is 1. The molecule has 0 saturated carbocycles. The molecule has 0 amide bonds. The van der Waals surface area contributed by atoms with E-state index >= 15 is 0 Å². The Labute approximate surface area is 116 Å². The summed E-state index contributed by atoms with van der Waals surface area (Å²) < 4.78 is 5.67. The number of nitriles is 1. The highest BCUT2D eigenvalue weighted by Crippen LogP contribution is 2.23. The lowest BCUT2D eigenvalue weighted by molar-refractivity contribution is 0.586. The number of oxazole rings is 1. The van der Waals surface area contributed by atoms with Crippen LogP contribution in [0.4, 0.5) is 0 Å². The van der Waals surface area contributed by atoms with Crippen LogP contribution in [0.25, 0.3) is 22.7 Å². The zero-order valence-corrected chi connectivity index (χ0v) is 11.0. The average molecular weight is 260 g/mol. The molecule has 0 aliphatic rings. The minimum Gasteiger partial charge on any atom is -0.435 e. The van der Waals surface area contributed by atoms with Gasteiger partial charge in [-0.1, -0.05) is 36.4 Å². The lowest BCUT2D eigenvalue weighted by atomic mass is 10.1. The van der Waals surface area contributed by atoms with Crippen molar-refractivity contribution in [2.75, 3.05) is 0 Å². The number of fused-ring (bicyclic) bond motifs is 1. The monoisotopic (exact) mass is 260 g/mol. The van der Waals surface area contributed by atoms with Crippen LogP contribution in [0.1, 0.15) is 17.0 Å². The number of benzene rings is 2. The first-order chi connectivity index (χ1) is 9.76. The van der Waals surface area contributed by atoms with E-state index in [1.807, 2.05) is 55.5 Å². The van der Waals surface area contributed by atoms with Gasteiger partial charge in [-0.15, -0.1) is 0 Å². The van der Waals surface area contributed by atoms with Crippen LogP contribution in [-0.2, 0) is 0 Å². The van der Waals surface area contributed by atoms with Gasteiger partial charge in [-0.2, -0.15) is 5.26 Å². The molecule has 0 N–H and O–H groups in total. The average Bonchev–Trinajstić information content (AvgIpc) is 2.88. The van der Waals surface area contributed by atoms with Crippen LogP contribution in [0.2, 0.25) is 0 Å². The second kappa shape index (κ2) is 5.02. The van der Waals surface area contributed by atoms with E-state index in [1.165, 1.54) is 0 Å². The fourth-order valence-electron chi connectivity index (χ4n) is 2.00. The number of rotatable bonds is 2. The molecule has 0 fully saturated rings. The highest BCUT2D eigenvalue weighted by molar-refractivity contribution is 5.88. The maximum absolute atomic E-state index is 9.30. The van der Waals surface area contributed by atoms with Gasteiger partial charge in [0.25, 0.3) is 0 Å². The van der Waals surface area contributed by atoms with E-state index in [4.69, 9.17) is 4.42 Å². The van der Waals surface area contributed by atoms with Gasteiger partial charge in [0.15, 0.2) is 5.58 Å². The first-order valence-corrected chi connectivity index (χ1v) is 6.31. The molecule has 0 saturated heterocycles. The third-order valence-corrected chi connectivity index (χ3v) is 3.01. The first kappa shape index (κ1) is 12.2. The molecule has 96 valence electrons. The summed E-state index contributed by atoms with van der Waals surface area (Å²) in [5, 5.41) is 9.30. The van der Waals surface area contributed by atoms with Gasteiger partial charge in [0.1, 0.15) is 17.2 Å². The molecule has 1 heterocycles. The number of hydrogen-bond donors (Lipinski definition) is 0. The van der Waals surface area contributed by atoms with Gasteiger partial charge in [0, 0.05) is 0 Å². The Kier molecular flexibility index (Phi) is 3.06. The van der Waals surface area contributed by atoms with E-state index < -0.39 is 0 Å². The van der Waals surface area contributed by atoms with Crippen molar-refractivity contribution in [3.05, 3.63) is 65.5 Å². The van der Waals surface area contributed by atoms with E-state index in [1.54, 1.807) is 6.08 Å². The SMILES string of the molecule is Cc1ccc2nc(/C(C#N)=C/c3ccccc3)oc2c1. The Balaban J connectivity index is 2.08. The van der Waals surface area contributed by atoms with Crippen molar-refractivity contribution in [2.45, 2.75) is 6.92 Å². The van der Waals surface area contributed by atoms with Gasteiger partial charge < -0.3 is 4.42 Å². The van der Waals surface area contributed by atoms with Crippen molar-refractivity contribution in [3.63, 3.8) is 0 Å². The van der Waals surface area contributed by atoms with Gasteiger partial charge in [-0.25, -0.2) is 4.98 Å². The van der Waals surface area contributed by atoms with Crippen LogP contribution in [0, 0.1) is 18.3 Å². The fraction of sp³-hybridized carbons (Fsp3) is 0.0588. The molecular formula is C17H12N2O. The van der Waals surface area contributed by atoms with Crippen molar-refractivity contribution in [1.29, 1.82) is 5.26 Å². The number of nitrogens with zero attached hydrogens (tertiary/aromatic N) is 2. The summed E-state index contributed by atoms with van der Waals surface area (Å²) in [4.78, 5) is 4.36. The molecule has 20 heavy (non-hydrogen) atoms. The first-order valence-electron chi connectivity index (χ1n) is 6.31. The minimum absolute atomic E-state index is 0.358. The topological polar surface area (TPSA) is 49.8 Å². The predicted molar refractivity (Wildman–Crippen MR) is 78.7 cm³/mol. The summed E-state index contributed by atoms with van der Waals surface area (Å²) >= 11 is 0. The largest absolute Gasteiger partial charge is 0.435 e. The Bertz CT molecular complexity index is 823. The number of allylic oxidation sites excluding steroid dienone is 1. The molecule has 0 aliphatic carbocycles. The zero-order chi connectivity index (χ0) is 13.9. The summed E-state index contributed by atoms with van der Waals surface area (Å²) in [5.74, 6) is 0.358. The lowest BCUT2D eigenvalue weighted by Crippen LogP contribution is -1.81. The molecule has 3 rings (SSSR count). The predicted octanol–water partition coefficient (Wildman–Crippen LogP) is 4.20. The fourth-order valence-corrected chi connectivity index (χ4v) is 2.00. The van der Waals surface area contributed by atoms with Gasteiger partial charge in [-0.05, 0) is 36.3 Å². The third-order valence-electron chi connectivity index (χ3n) is 3.01. The van der Waals surface area contributed by atoms with E-state index in [0.717, 1.165) is 16.6 Å². The van der Waals surface area contributed by atoms with Gasteiger partial charge >= 0.3 is 0 Å². The Morgan fingerprint density at radius 3 is 2.75 bits per heavy atom. The van der Waals surface area contributed by atoms with Crippen molar-refractivity contribution in [3.8, 4) is 6.07 Å². The Morgan fingerprint density at radius 1 is 1.20 bits per heavy atom. The van der Waals surface area contributed by atoms with Crippen molar-refractivity contribution in [1.82, 2.24) is 4.98 Å². The van der Waals surface area contributed by atoms with Crippen LogP contribution >= 0.6 is 0 Å². The molecule has 3 aromatic rings. The van der Waals surface area contributed by atoms with Crippen LogP contribution in [-0.4, -0.2) is 4.98 Å². The van der Waals surface area contributed by atoms with Crippen LogP contribution < -0.4 is 0 Å². The molecule has 0 unspecified atom stereocenters. The second-order valence-corrected chi connectivity index (χ2v) is 4.57. The molecule has 1 aromatic heterocycles. The second-order valence-electron chi connectivity index (χ2n) is 4.57. The molecule has 0 spiro atoms. The number of hydrogen-bond acceptors (Lipinski definition) is 3. The lowest BCUT2D eigenvalue weighted by Gasteiger charge is -1.93. The molecule has 2 aromatic carbocycles. The van der Waals surface area contributed by atoms with Gasteiger partial charge in [0.2, 0.25) is 5.89 Å². The summed E-state index contributed by atoms with van der Waals surface area (Å²) in [7, 11) is 0. The van der Waals surface area contributed by atoms with Gasteiger partial charge in [-0.3, -0.25) is 0 Å². The zero-order valence-electron chi connectivity index (χ0n) is 11.0. The van der Waals surface area contributed by atoms with E-state index in [2.05, 4.69) is 11.1 Å².